The van der Waals surface area contributed by atoms with Gasteiger partial charge in [-0.3, -0.25) is 0 Å². The Morgan fingerprint density at radius 1 is 0.152 bits per heavy atom. The summed E-state index contributed by atoms with van der Waals surface area (Å²) in [5, 5.41) is 13.2. The van der Waals surface area contributed by atoms with Crippen molar-refractivity contribution in [3.8, 4) is 0 Å². The Bertz CT molecular complexity index is 7500. The molecule has 5 unspecified atom stereocenters. The summed E-state index contributed by atoms with van der Waals surface area (Å²) >= 11 is 0. The molecule has 734 valence electrons. The van der Waals surface area contributed by atoms with Gasteiger partial charge in [-0.1, -0.05) is 445 Å². The minimum Gasteiger partial charge on any atom is -0.340 e. The van der Waals surface area contributed by atoms with Crippen LogP contribution in [0.15, 0.2) is 291 Å². The van der Waals surface area contributed by atoms with Gasteiger partial charge < -0.3 is 22.8 Å². The van der Waals surface area contributed by atoms with Crippen LogP contribution in [0.2, 0.25) is 0 Å². The van der Waals surface area contributed by atoms with Crippen molar-refractivity contribution in [3.63, 3.8) is 0 Å². The van der Waals surface area contributed by atoms with Gasteiger partial charge in [0.2, 0.25) is 0 Å². The molecule has 5 nitrogen and oxygen atoms in total. The third-order valence-electron chi connectivity index (χ3n) is 31.7. The van der Waals surface area contributed by atoms with E-state index < -0.39 is 0 Å². The molecule has 0 fully saturated rings. The molecule has 0 spiro atoms. The molecule has 5 atom stereocenters. The molecular formula is C140H149N5. The van der Waals surface area contributed by atoms with Gasteiger partial charge in [-0.2, -0.15) is 0 Å². The predicted octanol–water partition coefficient (Wildman–Crippen LogP) is 40.7. The van der Waals surface area contributed by atoms with Gasteiger partial charge in [-0.25, -0.2) is 0 Å². The zero-order chi connectivity index (χ0) is 99.5. The fourth-order valence-electron chi connectivity index (χ4n) is 22.7. The Morgan fingerprint density at radius 2 is 0.283 bits per heavy atom. The SMILES string of the molecule is CCCCC(CC)Cn1c2ccccc2c2cc(/C=C/c3ccc(/C=C/c4ccc5c(c4)c4cc(/C=C/c6ccc(/C=C/c7ccc8c(c7)c7cc(/C=C/c9ccc(/C=C/c%10ccc%11c(c%10)c%10cc(/C=C/c%12ccc(/C=C/c%13ccc%14c(c%13)c%13ccccc%13n%14CC(CC)CCCC)cc%12)ccc%10n%11CC(CC)CCCC)cc9)ccc7n8CC(CC)CCCC)cc6)ccc4n5CC(CC)CCCC)cc3)ccc21. The van der Waals surface area contributed by atoms with Crippen LogP contribution in [-0.2, 0) is 32.7 Å². The molecule has 5 aromatic heterocycles. The van der Waals surface area contributed by atoms with Gasteiger partial charge in [-0.05, 0) is 260 Å². The molecule has 145 heavy (non-hydrogen) atoms. The van der Waals surface area contributed by atoms with Crippen LogP contribution in [0.4, 0.5) is 0 Å². The Kier molecular flexibility index (Phi) is 32.8. The van der Waals surface area contributed by atoms with Crippen molar-refractivity contribution < 1.29 is 0 Å². The van der Waals surface area contributed by atoms with E-state index in [4.69, 9.17) is 0 Å². The standard InChI is InChI=1S/C140H149N5/c1-11-21-30-100(16-6)95-141-131-37-28-26-35-121(131)123-87-113(71-79-133(123)141)63-55-105-39-43-107(44-40-105)57-65-115-73-81-135-125(89-115)127-91-117(75-83-137(127)143(135)97-102(18-8)32-23-13-3)67-59-109-47-51-111(52-48-109)61-69-119-77-85-139-129(93-119)130-94-120(78-86-140(130)145(139)99-104(20-10)34-25-15-5)70-62-112-53-49-110(50-54-112)60-68-118-76-84-138-128(92-118)126-90-116(74-82-136(126)144(138)98-103(19-9)33-24-14-4)66-58-108-45-41-106(42-46-108)56-64-114-72-80-134-124(88-114)122-36-27-29-38-132(122)142(134)96-101(17-7)31-22-12-2/h26-29,35-94,100-104H,11-25,30-34,95-99H2,1-10H3/b63-55+,64-56+,65-57+,66-58+,67-59+,68-60+,69-61+,70-62+. The first-order valence-corrected chi connectivity index (χ1v) is 55.4. The number of hydrogen-bond donors (Lipinski definition) is 0. The van der Waals surface area contributed by atoms with Crippen LogP contribution in [0.1, 0.15) is 287 Å². The third-order valence-corrected chi connectivity index (χ3v) is 31.7. The summed E-state index contributed by atoms with van der Waals surface area (Å²) in [6.45, 7) is 28.6. The number of fused-ring (bicyclic) bond motifs is 15. The highest BCUT2D eigenvalue weighted by Crippen LogP contribution is 2.42. The van der Waals surface area contributed by atoms with Gasteiger partial charge in [0.05, 0.1) is 0 Å². The number of aromatic nitrogens is 5. The monoisotopic (exact) mass is 1900 g/mol. The Morgan fingerprint density at radius 3 is 0.434 bits per heavy atom. The second-order valence-electron chi connectivity index (χ2n) is 41.7. The lowest BCUT2D eigenvalue weighted by Gasteiger charge is -2.17. The molecule has 0 saturated carbocycles. The van der Waals surface area contributed by atoms with E-state index in [1.54, 1.807) is 0 Å². The molecule has 0 aliphatic rings. The largest absolute Gasteiger partial charge is 0.340 e. The van der Waals surface area contributed by atoms with Gasteiger partial charge in [0, 0.05) is 142 Å². The van der Waals surface area contributed by atoms with Crippen LogP contribution in [0.3, 0.4) is 0 Å². The van der Waals surface area contributed by atoms with E-state index in [2.05, 4.69) is 480 Å². The zero-order valence-corrected chi connectivity index (χ0v) is 87.8. The molecule has 19 rings (SSSR count). The Labute approximate surface area is 863 Å². The number of benzene rings is 14. The maximum atomic E-state index is 2.62. The van der Waals surface area contributed by atoms with Crippen molar-refractivity contribution in [1.29, 1.82) is 0 Å². The normalized spacial score (nSPS) is 13.6. The van der Waals surface area contributed by atoms with E-state index in [1.165, 1.54) is 326 Å². The molecule has 0 aliphatic carbocycles. The van der Waals surface area contributed by atoms with Gasteiger partial charge in [0.25, 0.3) is 0 Å². The van der Waals surface area contributed by atoms with E-state index in [-0.39, 0.29) is 0 Å². The lowest BCUT2D eigenvalue weighted by molar-refractivity contribution is 0.401. The second kappa shape index (κ2) is 47.7. The first-order chi connectivity index (χ1) is 71.3. The van der Waals surface area contributed by atoms with Crippen LogP contribution in [0.25, 0.3) is 206 Å². The maximum absolute atomic E-state index is 2.62. The van der Waals surface area contributed by atoms with Crippen LogP contribution >= 0.6 is 0 Å². The number of nitrogens with zero attached hydrogens (tertiary/aromatic N) is 5. The molecule has 19 aromatic rings. The highest BCUT2D eigenvalue weighted by molar-refractivity contribution is 6.14. The first-order valence-electron chi connectivity index (χ1n) is 55.4. The van der Waals surface area contributed by atoms with Gasteiger partial charge in [0.15, 0.2) is 0 Å². The Balaban J connectivity index is 0.520. The predicted molar refractivity (Wildman–Crippen MR) is 641 cm³/mol. The average molecular weight is 1900 g/mol. The topological polar surface area (TPSA) is 24.6 Å². The fraction of sp³-hybridized carbons (Fsp3) is 0.286. The maximum Gasteiger partial charge on any atom is 0.0491 e. The first kappa shape index (κ1) is 99.7. The zero-order valence-electron chi connectivity index (χ0n) is 87.8. The fourth-order valence-corrected chi connectivity index (χ4v) is 22.7. The van der Waals surface area contributed by atoms with Crippen molar-refractivity contribution >= 4 is 206 Å². The molecule has 0 aliphatic heterocycles. The number of para-hydroxylation sites is 2. The van der Waals surface area contributed by atoms with E-state index in [0.717, 1.165) is 32.7 Å². The molecule has 0 bridgehead atoms. The van der Waals surface area contributed by atoms with Crippen LogP contribution in [-0.4, -0.2) is 22.8 Å². The molecule has 0 radical (unpaired) electrons. The van der Waals surface area contributed by atoms with Crippen LogP contribution in [0.5, 0.6) is 0 Å². The van der Waals surface area contributed by atoms with E-state index in [9.17, 15) is 0 Å². The summed E-state index contributed by atoms with van der Waals surface area (Å²) < 4.78 is 13.0. The molecule has 5 heteroatoms. The van der Waals surface area contributed by atoms with Crippen LogP contribution in [0, 0.1) is 29.6 Å². The summed E-state index contributed by atoms with van der Waals surface area (Å²) in [5.74, 6) is 3.23. The quantitative estimate of drug-likeness (QED) is 0.0340. The van der Waals surface area contributed by atoms with Gasteiger partial charge in [-0.15, -0.1) is 0 Å². The molecule has 0 saturated heterocycles. The van der Waals surface area contributed by atoms with Crippen LogP contribution < -0.4 is 0 Å². The molecule has 0 amide bonds. The summed E-state index contributed by atoms with van der Waals surface area (Å²) in [5.41, 5.74) is 32.3. The van der Waals surface area contributed by atoms with Gasteiger partial charge >= 0.3 is 0 Å². The molecule has 5 heterocycles. The lowest BCUT2D eigenvalue weighted by Crippen LogP contribution is -2.10. The second-order valence-corrected chi connectivity index (χ2v) is 41.7. The van der Waals surface area contributed by atoms with E-state index in [1.807, 2.05) is 0 Å². The number of rotatable bonds is 46. The summed E-state index contributed by atoms with van der Waals surface area (Å²) in [7, 11) is 0. The molecule has 0 N–H and O–H groups in total. The molecular weight excluding hydrogens is 1750 g/mol. The summed E-state index contributed by atoms with van der Waals surface area (Å²) in [6.07, 6.45) is 61.2. The van der Waals surface area contributed by atoms with Crippen molar-refractivity contribution in [2.45, 2.75) is 230 Å². The van der Waals surface area contributed by atoms with Crippen molar-refractivity contribution in [2.75, 3.05) is 0 Å². The Hall–Kier alpha value is -14.0. The van der Waals surface area contributed by atoms with Crippen molar-refractivity contribution in [1.82, 2.24) is 22.8 Å². The average Bonchev–Trinajstić information content (AvgIpc) is 1.57. The van der Waals surface area contributed by atoms with Gasteiger partial charge in [0.1, 0.15) is 0 Å². The van der Waals surface area contributed by atoms with Crippen molar-refractivity contribution in [3.05, 3.63) is 380 Å². The minimum atomic E-state index is 0.615. The van der Waals surface area contributed by atoms with E-state index in [0.29, 0.717) is 29.6 Å². The third kappa shape index (κ3) is 23.4. The molecule has 14 aromatic carbocycles. The highest BCUT2D eigenvalue weighted by Gasteiger charge is 2.23. The number of hydrogen-bond acceptors (Lipinski definition) is 0. The highest BCUT2D eigenvalue weighted by atomic mass is 15.0. The lowest BCUT2D eigenvalue weighted by atomic mass is 9.99. The van der Waals surface area contributed by atoms with Crippen molar-refractivity contribution in [2.24, 2.45) is 29.6 Å². The minimum absolute atomic E-state index is 0.615. The number of unbranched alkanes of at least 4 members (excludes halogenated alkanes) is 5. The summed E-state index contributed by atoms with van der Waals surface area (Å²) in [4.78, 5) is 0. The smallest absolute Gasteiger partial charge is 0.0491 e. The van der Waals surface area contributed by atoms with E-state index >= 15 is 0 Å². The summed E-state index contributed by atoms with van der Waals surface area (Å²) in [6, 6.07) is 111.